The van der Waals surface area contributed by atoms with E-state index in [1.807, 2.05) is 16.7 Å². The number of hydrogen-bond donors (Lipinski definition) is 2. The van der Waals surface area contributed by atoms with Gasteiger partial charge in [0.15, 0.2) is 9.84 Å². The number of aromatic nitrogens is 2. The smallest absolute Gasteiger partial charge is 0.270 e. The van der Waals surface area contributed by atoms with Gasteiger partial charge in [0, 0.05) is 44.2 Å². The first-order valence-electron chi connectivity index (χ1n) is 13.9. The van der Waals surface area contributed by atoms with E-state index in [-0.39, 0.29) is 22.9 Å². The number of halogens is 1. The summed E-state index contributed by atoms with van der Waals surface area (Å²) in [5.41, 5.74) is 0.142. The summed E-state index contributed by atoms with van der Waals surface area (Å²) in [5, 5.41) is 14.1. The first-order valence-corrected chi connectivity index (χ1v) is 15.8. The number of carbonyl (C=O) groups is 1. The minimum Gasteiger partial charge on any atom is -0.390 e. The second-order valence-corrected chi connectivity index (χ2v) is 14.2. The summed E-state index contributed by atoms with van der Waals surface area (Å²) in [6.45, 7) is 3.73. The lowest BCUT2D eigenvalue weighted by Gasteiger charge is -2.58. The lowest BCUT2D eigenvalue weighted by molar-refractivity contribution is -0.136. The molecule has 7 rings (SSSR count). The molecule has 0 radical (unpaired) electrons. The van der Waals surface area contributed by atoms with Crippen molar-refractivity contribution in [3.8, 4) is 0 Å². The molecule has 11 heteroatoms. The lowest BCUT2D eigenvalue weighted by atomic mass is 9.52. The predicted octanol–water partition coefficient (Wildman–Crippen LogP) is 2.79. The van der Waals surface area contributed by atoms with Crippen molar-refractivity contribution in [2.75, 3.05) is 35.7 Å². The fourth-order valence-corrected chi connectivity index (χ4v) is 8.34. The van der Waals surface area contributed by atoms with Gasteiger partial charge in [-0.25, -0.2) is 22.8 Å². The molecule has 4 saturated carbocycles. The molecule has 2 heterocycles. The van der Waals surface area contributed by atoms with Crippen molar-refractivity contribution in [2.45, 2.75) is 68.0 Å². The van der Waals surface area contributed by atoms with Gasteiger partial charge in [0.2, 0.25) is 5.95 Å². The summed E-state index contributed by atoms with van der Waals surface area (Å²) in [4.78, 5) is 26.3. The van der Waals surface area contributed by atoms with Crippen molar-refractivity contribution in [3.63, 3.8) is 0 Å². The molecule has 1 aromatic heterocycles. The van der Waals surface area contributed by atoms with Crippen LogP contribution >= 0.6 is 0 Å². The monoisotopic (exact) mass is 557 g/mol. The van der Waals surface area contributed by atoms with Crippen LogP contribution in [0.1, 0.15) is 55.9 Å². The lowest BCUT2D eigenvalue weighted by Crippen LogP contribution is -2.61. The van der Waals surface area contributed by atoms with Crippen LogP contribution in [0, 0.1) is 23.6 Å². The van der Waals surface area contributed by atoms with E-state index < -0.39 is 21.3 Å². The number of hydrogen-bond acceptors (Lipinski definition) is 8. The molecule has 1 amide bonds. The molecular weight excluding hydrogens is 521 g/mol. The first kappa shape index (κ1) is 26.4. The van der Waals surface area contributed by atoms with Gasteiger partial charge in [0.05, 0.1) is 16.2 Å². The van der Waals surface area contributed by atoms with Gasteiger partial charge in [0.25, 0.3) is 5.91 Å². The zero-order chi connectivity index (χ0) is 27.5. The number of rotatable bonds is 5. The third kappa shape index (κ3) is 5.11. The minimum atomic E-state index is -3.49. The molecule has 0 spiro atoms. The molecule has 5 aliphatic rings. The van der Waals surface area contributed by atoms with E-state index in [9.17, 15) is 22.7 Å². The van der Waals surface area contributed by atoms with Gasteiger partial charge in [-0.2, -0.15) is 0 Å². The molecular formula is C28H36FN5O4S. The number of sulfone groups is 1. The van der Waals surface area contributed by atoms with Crippen molar-refractivity contribution in [2.24, 2.45) is 17.8 Å². The Balaban J connectivity index is 1.15. The standard InChI is InChI=1S/C28H36FN5O4S/c1-17-16-33(24-5-4-21(12-22(24)29)39(2,37)38)8-3-9-34(17)27-30-7-6-23(31-27)26(35)32-25-19-10-18-11-20(25)15-28(36,13-18)14-19/h4-7,12,17-20,25,36H,3,8-11,13-16H2,1-2H3,(H,32,35)/t17-,18?,19?,20?,25?,28?/m1/s1. The zero-order valence-electron chi connectivity index (χ0n) is 22.4. The van der Waals surface area contributed by atoms with Crippen molar-refractivity contribution in [1.29, 1.82) is 0 Å². The highest BCUT2D eigenvalue weighted by Crippen LogP contribution is 2.55. The van der Waals surface area contributed by atoms with Crippen LogP contribution in [-0.2, 0) is 9.84 Å². The Hall–Kier alpha value is -2.79. The van der Waals surface area contributed by atoms with Crippen molar-refractivity contribution >= 4 is 27.4 Å². The van der Waals surface area contributed by atoms with E-state index in [4.69, 9.17) is 0 Å². The maximum atomic E-state index is 14.9. The van der Waals surface area contributed by atoms with E-state index in [0.29, 0.717) is 61.1 Å². The van der Waals surface area contributed by atoms with Crippen LogP contribution in [0.5, 0.6) is 0 Å². The summed E-state index contributed by atoms with van der Waals surface area (Å²) < 4.78 is 38.5. The Bertz CT molecular complexity index is 1370. The predicted molar refractivity (Wildman–Crippen MR) is 145 cm³/mol. The topological polar surface area (TPSA) is 116 Å². The van der Waals surface area contributed by atoms with Gasteiger partial charge in [-0.3, -0.25) is 4.79 Å². The van der Waals surface area contributed by atoms with Crippen LogP contribution in [0.3, 0.4) is 0 Å². The Labute approximate surface area is 228 Å². The third-order valence-electron chi connectivity index (χ3n) is 9.20. The normalized spacial score (nSPS) is 32.3. The maximum Gasteiger partial charge on any atom is 0.270 e. The highest BCUT2D eigenvalue weighted by Gasteiger charge is 2.55. The van der Waals surface area contributed by atoms with Crippen LogP contribution in [0.15, 0.2) is 35.4 Å². The van der Waals surface area contributed by atoms with Crippen LogP contribution in [0.25, 0.3) is 0 Å². The largest absolute Gasteiger partial charge is 0.390 e. The number of aliphatic hydroxyl groups is 1. The zero-order valence-corrected chi connectivity index (χ0v) is 23.2. The number of benzene rings is 1. The van der Waals surface area contributed by atoms with Gasteiger partial charge in [-0.1, -0.05) is 0 Å². The fourth-order valence-electron chi connectivity index (χ4n) is 7.71. The molecule has 210 valence electrons. The molecule has 4 aliphatic carbocycles. The maximum absolute atomic E-state index is 14.9. The average Bonchev–Trinajstić information content (AvgIpc) is 3.06. The summed E-state index contributed by atoms with van der Waals surface area (Å²) >= 11 is 0. The van der Waals surface area contributed by atoms with Crippen molar-refractivity contribution in [3.05, 3.63) is 42.0 Å². The van der Waals surface area contributed by atoms with Gasteiger partial charge in [-0.05, 0) is 87.5 Å². The molecule has 2 unspecified atom stereocenters. The second kappa shape index (κ2) is 9.69. The number of amides is 1. The van der Waals surface area contributed by atoms with Crippen LogP contribution < -0.4 is 15.1 Å². The first-order chi connectivity index (χ1) is 18.5. The summed E-state index contributed by atoms with van der Waals surface area (Å²) in [7, 11) is -3.49. The van der Waals surface area contributed by atoms with Crippen LogP contribution in [-0.4, -0.2) is 73.0 Å². The molecule has 1 aromatic carbocycles. The molecule has 2 aromatic rings. The Morgan fingerprint density at radius 2 is 1.90 bits per heavy atom. The van der Waals surface area contributed by atoms with E-state index in [2.05, 4.69) is 15.3 Å². The molecule has 3 atom stereocenters. The molecule has 39 heavy (non-hydrogen) atoms. The molecule has 1 aliphatic heterocycles. The molecule has 4 bridgehead atoms. The molecule has 2 N–H and O–H groups in total. The Morgan fingerprint density at radius 1 is 1.15 bits per heavy atom. The van der Waals surface area contributed by atoms with Crippen molar-refractivity contribution < 1.29 is 22.7 Å². The Kier molecular flexibility index (Phi) is 6.57. The second-order valence-electron chi connectivity index (χ2n) is 12.2. The summed E-state index contributed by atoms with van der Waals surface area (Å²) in [6.07, 6.45) is 7.95. The number of anilines is 2. The molecule has 1 saturated heterocycles. The van der Waals surface area contributed by atoms with E-state index in [1.54, 1.807) is 12.3 Å². The third-order valence-corrected chi connectivity index (χ3v) is 10.3. The average molecular weight is 558 g/mol. The SMILES string of the molecule is C[C@@H]1CN(c2ccc(S(C)(=O)=O)cc2F)CCCN1c1nccc(C(=O)NC2C3CC4CC2CC(O)(C4)C3)n1. The number of carbonyl (C=O) groups excluding carboxylic acids is 1. The van der Waals surface area contributed by atoms with E-state index in [1.165, 1.54) is 12.1 Å². The highest BCUT2D eigenvalue weighted by atomic mass is 32.2. The minimum absolute atomic E-state index is 0.0405. The van der Waals surface area contributed by atoms with Crippen molar-refractivity contribution in [1.82, 2.24) is 15.3 Å². The van der Waals surface area contributed by atoms with Gasteiger partial charge >= 0.3 is 0 Å². The van der Waals surface area contributed by atoms with Gasteiger partial charge in [0.1, 0.15) is 11.5 Å². The fraction of sp³-hybridized carbons (Fsp3) is 0.607. The van der Waals surface area contributed by atoms with Crippen LogP contribution in [0.4, 0.5) is 16.0 Å². The molecule has 5 fully saturated rings. The van der Waals surface area contributed by atoms with E-state index in [0.717, 1.165) is 44.4 Å². The van der Waals surface area contributed by atoms with Gasteiger partial charge < -0.3 is 20.2 Å². The quantitative estimate of drug-likeness (QED) is 0.577. The number of nitrogens with zero attached hydrogens (tertiary/aromatic N) is 4. The summed E-state index contributed by atoms with van der Waals surface area (Å²) in [6, 6.07) is 5.67. The number of nitrogens with one attached hydrogen (secondary N) is 1. The molecule has 9 nitrogen and oxygen atoms in total. The summed E-state index contributed by atoms with van der Waals surface area (Å²) in [5.74, 6) is 0.890. The van der Waals surface area contributed by atoms with Crippen LogP contribution in [0.2, 0.25) is 0 Å². The Morgan fingerprint density at radius 3 is 2.56 bits per heavy atom. The van der Waals surface area contributed by atoms with Gasteiger partial charge in [-0.15, -0.1) is 0 Å². The van der Waals surface area contributed by atoms with E-state index >= 15 is 0 Å². The highest BCUT2D eigenvalue weighted by molar-refractivity contribution is 7.90.